The fourth-order valence-corrected chi connectivity index (χ4v) is 3.16. The summed E-state index contributed by atoms with van der Waals surface area (Å²) in [5.74, 6) is 0.0716. The van der Waals surface area contributed by atoms with Crippen LogP contribution in [0.3, 0.4) is 0 Å². The average Bonchev–Trinajstić information content (AvgIpc) is 2.87. The maximum absolute atomic E-state index is 11.8. The van der Waals surface area contributed by atoms with Crippen molar-refractivity contribution in [1.82, 2.24) is 4.57 Å². The highest BCUT2D eigenvalue weighted by Crippen LogP contribution is 2.31. The number of rotatable bonds is 6. The van der Waals surface area contributed by atoms with Crippen LogP contribution in [0.2, 0.25) is 0 Å². The molecule has 25 heavy (non-hydrogen) atoms. The molecule has 1 heterocycles. The molecule has 0 N–H and O–H groups in total. The van der Waals surface area contributed by atoms with Crippen LogP contribution in [-0.4, -0.2) is 28.8 Å². The number of fused-ring (bicyclic) bond motifs is 3. The Balaban J connectivity index is 2.21. The second kappa shape index (κ2) is 6.81. The fraction of sp³-hybridized carbons (Fsp3) is 0.333. The molecule has 0 atom stereocenters. The lowest BCUT2D eigenvalue weighted by Crippen LogP contribution is -2.10. The highest BCUT2D eigenvalue weighted by molar-refractivity contribution is 6.12. The number of carbonyl (C=O) groups is 2. The number of benzene rings is 2. The maximum atomic E-state index is 11.8. The molecule has 4 nitrogen and oxygen atoms in total. The molecule has 0 saturated heterocycles. The van der Waals surface area contributed by atoms with Gasteiger partial charge in [-0.3, -0.25) is 9.59 Å². The first-order valence-electron chi connectivity index (χ1n) is 8.58. The number of ether oxygens (including phenoxy) is 1. The summed E-state index contributed by atoms with van der Waals surface area (Å²) in [4.78, 5) is 23.5. The van der Waals surface area contributed by atoms with Crippen molar-refractivity contribution in [2.24, 2.45) is 0 Å². The Kier molecular flexibility index (Phi) is 4.73. The first kappa shape index (κ1) is 17.4. The summed E-state index contributed by atoms with van der Waals surface area (Å²) in [6.45, 7) is 8.50. The molecule has 0 radical (unpaired) electrons. The van der Waals surface area contributed by atoms with Gasteiger partial charge in [-0.2, -0.15) is 0 Å². The molecule has 0 saturated carbocycles. The Morgan fingerprint density at radius 2 is 1.40 bits per heavy atom. The van der Waals surface area contributed by atoms with Crippen molar-refractivity contribution in [3.63, 3.8) is 0 Å². The molecule has 1 aromatic heterocycles. The number of Topliss-reactive ketones (excluding diaryl/α,β-unsaturated/α-hetero) is 2. The molecule has 0 bridgehead atoms. The number of nitrogens with zero attached hydrogens (tertiary/aromatic N) is 1. The first-order valence-corrected chi connectivity index (χ1v) is 8.58. The molecule has 0 spiro atoms. The van der Waals surface area contributed by atoms with Crippen molar-refractivity contribution in [3.05, 3.63) is 47.5 Å². The van der Waals surface area contributed by atoms with E-state index >= 15 is 0 Å². The van der Waals surface area contributed by atoms with Gasteiger partial charge in [0.05, 0.1) is 12.7 Å². The van der Waals surface area contributed by atoms with E-state index in [0.29, 0.717) is 17.7 Å². The van der Waals surface area contributed by atoms with Crippen LogP contribution in [0.25, 0.3) is 21.8 Å². The summed E-state index contributed by atoms with van der Waals surface area (Å²) in [6.07, 6.45) is 0.182. The normalized spacial score (nSPS) is 11.6. The predicted octanol–water partition coefficient (Wildman–Crippen LogP) is 4.62. The average molecular weight is 337 g/mol. The molecule has 0 aliphatic rings. The van der Waals surface area contributed by atoms with Gasteiger partial charge in [0.25, 0.3) is 0 Å². The monoisotopic (exact) mass is 337 g/mol. The highest BCUT2D eigenvalue weighted by atomic mass is 16.5. The van der Waals surface area contributed by atoms with Crippen molar-refractivity contribution < 1.29 is 14.3 Å². The Bertz CT molecular complexity index is 895. The third-order valence-electron chi connectivity index (χ3n) is 4.44. The van der Waals surface area contributed by atoms with Crippen LogP contribution >= 0.6 is 0 Å². The Morgan fingerprint density at radius 3 is 1.80 bits per heavy atom. The van der Waals surface area contributed by atoms with Crippen molar-refractivity contribution in [3.8, 4) is 0 Å². The van der Waals surface area contributed by atoms with Crippen molar-refractivity contribution in [1.29, 1.82) is 0 Å². The summed E-state index contributed by atoms with van der Waals surface area (Å²) >= 11 is 0. The van der Waals surface area contributed by atoms with Crippen LogP contribution in [0.1, 0.15) is 48.4 Å². The van der Waals surface area contributed by atoms with Crippen LogP contribution in [0, 0.1) is 0 Å². The van der Waals surface area contributed by atoms with E-state index in [1.54, 1.807) is 13.8 Å². The second-order valence-corrected chi connectivity index (χ2v) is 6.65. The van der Waals surface area contributed by atoms with E-state index in [-0.39, 0.29) is 17.7 Å². The Labute approximate surface area is 147 Å². The molecule has 0 unspecified atom stereocenters. The molecule has 0 amide bonds. The maximum Gasteiger partial charge on any atom is 0.159 e. The zero-order valence-corrected chi connectivity index (χ0v) is 15.1. The molecular formula is C21H23NO3. The lowest BCUT2D eigenvalue weighted by Gasteiger charge is -2.11. The summed E-state index contributed by atoms with van der Waals surface area (Å²) in [7, 11) is 0. The van der Waals surface area contributed by atoms with Gasteiger partial charge in [0.1, 0.15) is 0 Å². The smallest absolute Gasteiger partial charge is 0.159 e. The Morgan fingerprint density at radius 1 is 0.920 bits per heavy atom. The summed E-state index contributed by atoms with van der Waals surface area (Å²) < 4.78 is 7.90. The first-order chi connectivity index (χ1) is 11.9. The highest BCUT2D eigenvalue weighted by Gasteiger charge is 2.14. The van der Waals surface area contributed by atoms with Crippen LogP contribution in [0.5, 0.6) is 0 Å². The molecule has 0 fully saturated rings. The molecular weight excluding hydrogens is 314 g/mol. The van der Waals surface area contributed by atoms with E-state index in [1.165, 1.54) is 0 Å². The number of carbonyl (C=O) groups excluding carboxylic acids is 2. The van der Waals surface area contributed by atoms with E-state index in [9.17, 15) is 9.59 Å². The zero-order valence-electron chi connectivity index (χ0n) is 15.1. The molecule has 0 aliphatic carbocycles. The van der Waals surface area contributed by atoms with Gasteiger partial charge in [0.15, 0.2) is 11.6 Å². The van der Waals surface area contributed by atoms with Crippen molar-refractivity contribution in [2.45, 2.75) is 40.3 Å². The van der Waals surface area contributed by atoms with E-state index in [1.807, 2.05) is 50.2 Å². The summed E-state index contributed by atoms with van der Waals surface area (Å²) in [5, 5.41) is 1.99. The topological polar surface area (TPSA) is 48.3 Å². The largest absolute Gasteiger partial charge is 0.377 e. The lowest BCUT2D eigenvalue weighted by molar-refractivity contribution is 0.0738. The SMILES string of the molecule is CC(=O)c1ccc2c(c1)c1cc(C(C)=O)ccc1n2CCOC(C)C. The standard InChI is InChI=1S/C21H23NO3/c1-13(2)25-10-9-22-20-7-5-16(14(3)23)11-18(20)19-12-17(15(4)24)6-8-21(19)22/h5-8,11-13H,9-10H2,1-4H3. The molecule has 3 rings (SSSR count). The van der Waals surface area contributed by atoms with Crippen LogP contribution < -0.4 is 0 Å². The van der Waals surface area contributed by atoms with Gasteiger partial charge in [0, 0.05) is 39.5 Å². The molecule has 130 valence electrons. The van der Waals surface area contributed by atoms with Gasteiger partial charge in [-0.25, -0.2) is 0 Å². The van der Waals surface area contributed by atoms with Gasteiger partial charge in [-0.15, -0.1) is 0 Å². The van der Waals surface area contributed by atoms with Gasteiger partial charge in [-0.05, 0) is 64.1 Å². The Hall–Kier alpha value is -2.46. The quantitative estimate of drug-likeness (QED) is 0.616. The minimum atomic E-state index is 0.0358. The number of hydrogen-bond acceptors (Lipinski definition) is 3. The third-order valence-corrected chi connectivity index (χ3v) is 4.44. The summed E-state index contributed by atoms with van der Waals surface area (Å²) in [6, 6.07) is 11.5. The van der Waals surface area contributed by atoms with Crippen LogP contribution in [-0.2, 0) is 11.3 Å². The van der Waals surface area contributed by atoms with Gasteiger partial charge < -0.3 is 9.30 Å². The minimum Gasteiger partial charge on any atom is -0.377 e. The van der Waals surface area contributed by atoms with E-state index < -0.39 is 0 Å². The predicted molar refractivity (Wildman–Crippen MR) is 101 cm³/mol. The van der Waals surface area contributed by atoms with E-state index in [4.69, 9.17) is 4.74 Å². The minimum absolute atomic E-state index is 0.0358. The summed E-state index contributed by atoms with van der Waals surface area (Å²) in [5.41, 5.74) is 3.46. The molecule has 2 aromatic carbocycles. The van der Waals surface area contributed by atoms with Crippen molar-refractivity contribution >= 4 is 33.4 Å². The van der Waals surface area contributed by atoms with Crippen molar-refractivity contribution in [2.75, 3.05) is 6.61 Å². The number of hydrogen-bond donors (Lipinski definition) is 0. The number of ketones is 2. The molecule has 0 aliphatic heterocycles. The van der Waals surface area contributed by atoms with Gasteiger partial charge >= 0.3 is 0 Å². The van der Waals surface area contributed by atoms with E-state index in [0.717, 1.165) is 28.4 Å². The fourth-order valence-electron chi connectivity index (χ4n) is 3.16. The molecule has 4 heteroatoms. The molecule has 3 aromatic rings. The second-order valence-electron chi connectivity index (χ2n) is 6.65. The van der Waals surface area contributed by atoms with Crippen LogP contribution in [0.15, 0.2) is 36.4 Å². The van der Waals surface area contributed by atoms with Crippen LogP contribution in [0.4, 0.5) is 0 Å². The zero-order chi connectivity index (χ0) is 18.1. The lowest BCUT2D eigenvalue weighted by atomic mass is 10.0. The van der Waals surface area contributed by atoms with Gasteiger partial charge in [-0.1, -0.05) is 0 Å². The number of aromatic nitrogens is 1. The van der Waals surface area contributed by atoms with E-state index in [2.05, 4.69) is 4.57 Å². The van der Waals surface area contributed by atoms with Gasteiger partial charge in [0.2, 0.25) is 0 Å². The third kappa shape index (κ3) is 3.35.